The molecular formula is C20H19BrO5. The molecule has 1 saturated heterocycles. The van der Waals surface area contributed by atoms with Gasteiger partial charge in [0.25, 0.3) is 0 Å². The van der Waals surface area contributed by atoms with Gasteiger partial charge < -0.3 is 14.2 Å². The first-order valence-electron chi connectivity index (χ1n) is 8.15. The van der Waals surface area contributed by atoms with Crippen LogP contribution in [0.15, 0.2) is 59.1 Å². The first-order valence-corrected chi connectivity index (χ1v) is 8.95. The largest absolute Gasteiger partial charge is 0.468 e. The maximum atomic E-state index is 12.8. The van der Waals surface area contributed by atoms with Crippen LogP contribution in [0.25, 0.3) is 0 Å². The van der Waals surface area contributed by atoms with E-state index in [1.807, 2.05) is 54.6 Å². The summed E-state index contributed by atoms with van der Waals surface area (Å²) in [6, 6.07) is 16.8. The predicted molar refractivity (Wildman–Crippen MR) is 98.2 cm³/mol. The number of rotatable bonds is 4. The summed E-state index contributed by atoms with van der Waals surface area (Å²) in [6.45, 7) is 0. The molecular weight excluding hydrogens is 400 g/mol. The number of methoxy groups -OCH3 is 2. The van der Waals surface area contributed by atoms with Crippen LogP contribution in [-0.4, -0.2) is 26.2 Å². The summed E-state index contributed by atoms with van der Waals surface area (Å²) in [7, 11) is 2.53. The SMILES string of the molecule is COC(=O)C1(C(=O)OC)C[C@H](c2ccccc2)O[C@@H]1c1ccc(Br)cc1. The molecule has 6 heteroatoms. The fourth-order valence-corrected chi connectivity index (χ4v) is 3.69. The van der Waals surface area contributed by atoms with Gasteiger partial charge in [-0.1, -0.05) is 58.4 Å². The monoisotopic (exact) mass is 418 g/mol. The van der Waals surface area contributed by atoms with E-state index in [4.69, 9.17) is 14.2 Å². The molecule has 1 heterocycles. The van der Waals surface area contributed by atoms with E-state index in [1.165, 1.54) is 14.2 Å². The zero-order valence-electron chi connectivity index (χ0n) is 14.5. The lowest BCUT2D eigenvalue weighted by molar-refractivity contribution is -0.173. The van der Waals surface area contributed by atoms with Gasteiger partial charge in [-0.15, -0.1) is 0 Å². The van der Waals surface area contributed by atoms with Crippen molar-refractivity contribution >= 4 is 27.9 Å². The number of ether oxygens (including phenoxy) is 3. The van der Waals surface area contributed by atoms with Crippen LogP contribution in [0, 0.1) is 5.41 Å². The first-order chi connectivity index (χ1) is 12.5. The highest BCUT2D eigenvalue weighted by Crippen LogP contribution is 2.54. The van der Waals surface area contributed by atoms with Crippen molar-refractivity contribution in [1.82, 2.24) is 0 Å². The van der Waals surface area contributed by atoms with Crippen molar-refractivity contribution in [3.8, 4) is 0 Å². The second-order valence-corrected chi connectivity index (χ2v) is 7.04. The van der Waals surface area contributed by atoms with Crippen molar-refractivity contribution in [3.63, 3.8) is 0 Å². The van der Waals surface area contributed by atoms with E-state index < -0.39 is 29.6 Å². The Morgan fingerprint density at radius 3 is 2.08 bits per heavy atom. The van der Waals surface area contributed by atoms with Crippen LogP contribution in [0.4, 0.5) is 0 Å². The summed E-state index contributed by atoms with van der Waals surface area (Å²) in [4.78, 5) is 25.5. The summed E-state index contributed by atoms with van der Waals surface area (Å²) in [5.41, 5.74) is 0.0457. The summed E-state index contributed by atoms with van der Waals surface area (Å²) >= 11 is 3.39. The topological polar surface area (TPSA) is 61.8 Å². The minimum Gasteiger partial charge on any atom is -0.468 e. The lowest BCUT2D eigenvalue weighted by Crippen LogP contribution is -2.43. The zero-order valence-corrected chi connectivity index (χ0v) is 16.1. The lowest BCUT2D eigenvalue weighted by Gasteiger charge is -2.28. The fraction of sp³-hybridized carbons (Fsp3) is 0.300. The van der Waals surface area contributed by atoms with Crippen LogP contribution >= 0.6 is 15.9 Å². The van der Waals surface area contributed by atoms with E-state index in [0.29, 0.717) is 5.56 Å². The maximum absolute atomic E-state index is 12.8. The van der Waals surface area contributed by atoms with Crippen molar-refractivity contribution in [3.05, 3.63) is 70.2 Å². The van der Waals surface area contributed by atoms with Gasteiger partial charge in [0.15, 0.2) is 5.41 Å². The molecule has 1 aliphatic rings. The van der Waals surface area contributed by atoms with Gasteiger partial charge in [0.2, 0.25) is 0 Å². The van der Waals surface area contributed by atoms with Gasteiger partial charge in [0, 0.05) is 10.9 Å². The van der Waals surface area contributed by atoms with E-state index >= 15 is 0 Å². The van der Waals surface area contributed by atoms with Crippen LogP contribution in [0.5, 0.6) is 0 Å². The van der Waals surface area contributed by atoms with E-state index in [-0.39, 0.29) is 6.42 Å². The highest BCUT2D eigenvalue weighted by atomic mass is 79.9. The van der Waals surface area contributed by atoms with E-state index in [0.717, 1.165) is 10.0 Å². The molecule has 1 fully saturated rings. The van der Waals surface area contributed by atoms with E-state index in [1.54, 1.807) is 0 Å². The highest BCUT2D eigenvalue weighted by molar-refractivity contribution is 9.10. The molecule has 0 radical (unpaired) electrons. The molecule has 1 aliphatic heterocycles. The zero-order chi connectivity index (χ0) is 18.7. The summed E-state index contributed by atoms with van der Waals surface area (Å²) in [6.07, 6.45) is -1.08. The summed E-state index contributed by atoms with van der Waals surface area (Å²) in [5, 5.41) is 0. The molecule has 2 aromatic carbocycles. The van der Waals surface area contributed by atoms with Gasteiger partial charge in [0.1, 0.15) is 6.10 Å². The Morgan fingerprint density at radius 2 is 1.54 bits per heavy atom. The molecule has 0 amide bonds. The molecule has 0 unspecified atom stereocenters. The van der Waals surface area contributed by atoms with Crippen molar-refractivity contribution in [2.24, 2.45) is 5.41 Å². The third-order valence-electron chi connectivity index (χ3n) is 4.70. The molecule has 0 spiro atoms. The van der Waals surface area contributed by atoms with Gasteiger partial charge in [-0.25, -0.2) is 0 Å². The number of halogens is 1. The number of esters is 2. The Bertz CT molecular complexity index is 772. The quantitative estimate of drug-likeness (QED) is 0.554. The Hall–Kier alpha value is -2.18. The van der Waals surface area contributed by atoms with Crippen molar-refractivity contribution in [2.45, 2.75) is 18.6 Å². The fourth-order valence-electron chi connectivity index (χ4n) is 3.42. The summed E-state index contributed by atoms with van der Waals surface area (Å²) < 4.78 is 17.1. The van der Waals surface area contributed by atoms with Crippen LogP contribution in [0.3, 0.4) is 0 Å². The molecule has 0 aliphatic carbocycles. The standard InChI is InChI=1S/C20H19BrO5/c1-24-18(22)20(19(23)25-2)12-16(13-6-4-3-5-7-13)26-17(20)14-8-10-15(21)11-9-14/h3-11,16-17H,12H2,1-2H3/t16-,17-/m1/s1. The molecule has 26 heavy (non-hydrogen) atoms. The summed E-state index contributed by atoms with van der Waals surface area (Å²) in [5.74, 6) is -1.31. The number of carbonyl (C=O) groups excluding carboxylic acids is 2. The van der Waals surface area contributed by atoms with Crippen LogP contribution < -0.4 is 0 Å². The van der Waals surface area contributed by atoms with Crippen LogP contribution in [-0.2, 0) is 23.8 Å². The number of hydrogen-bond donors (Lipinski definition) is 0. The second kappa shape index (κ2) is 7.60. The average molecular weight is 419 g/mol. The highest BCUT2D eigenvalue weighted by Gasteiger charge is 2.62. The smallest absolute Gasteiger partial charge is 0.326 e. The van der Waals surface area contributed by atoms with Crippen molar-refractivity contribution < 1.29 is 23.8 Å². The van der Waals surface area contributed by atoms with Gasteiger partial charge in [-0.2, -0.15) is 0 Å². The van der Waals surface area contributed by atoms with Gasteiger partial charge in [-0.05, 0) is 23.3 Å². The molecule has 2 aromatic rings. The van der Waals surface area contributed by atoms with Crippen molar-refractivity contribution in [2.75, 3.05) is 14.2 Å². The molecule has 0 saturated carbocycles. The molecule has 3 rings (SSSR count). The molecule has 0 bridgehead atoms. The molecule has 2 atom stereocenters. The number of hydrogen-bond acceptors (Lipinski definition) is 5. The van der Waals surface area contributed by atoms with Gasteiger partial charge in [-0.3, -0.25) is 9.59 Å². The minimum atomic E-state index is -1.56. The lowest BCUT2D eigenvalue weighted by atomic mass is 9.76. The minimum absolute atomic E-state index is 0.150. The van der Waals surface area contributed by atoms with Crippen molar-refractivity contribution in [1.29, 1.82) is 0 Å². The molecule has 0 aromatic heterocycles. The Labute approximate surface area is 160 Å². The first kappa shape index (κ1) is 18.6. The third-order valence-corrected chi connectivity index (χ3v) is 5.23. The second-order valence-electron chi connectivity index (χ2n) is 6.13. The Morgan fingerprint density at radius 1 is 0.962 bits per heavy atom. The Kier molecular flexibility index (Phi) is 5.44. The van der Waals surface area contributed by atoms with Gasteiger partial charge in [0.05, 0.1) is 20.3 Å². The van der Waals surface area contributed by atoms with Crippen LogP contribution in [0.2, 0.25) is 0 Å². The number of carbonyl (C=O) groups is 2. The van der Waals surface area contributed by atoms with E-state index in [2.05, 4.69) is 15.9 Å². The maximum Gasteiger partial charge on any atom is 0.326 e. The molecule has 5 nitrogen and oxygen atoms in total. The Balaban J connectivity index is 2.11. The van der Waals surface area contributed by atoms with E-state index in [9.17, 15) is 9.59 Å². The normalized spacial score (nSPS) is 21.2. The van der Waals surface area contributed by atoms with Gasteiger partial charge >= 0.3 is 11.9 Å². The molecule has 0 N–H and O–H groups in total. The average Bonchev–Trinajstić information content (AvgIpc) is 3.10. The number of benzene rings is 2. The molecule has 136 valence electrons. The third kappa shape index (κ3) is 3.15. The predicted octanol–water partition coefficient (Wildman–Crippen LogP) is 3.98. The van der Waals surface area contributed by atoms with Crippen LogP contribution in [0.1, 0.15) is 29.8 Å².